The first-order chi connectivity index (χ1) is 9.47. The summed E-state index contributed by atoms with van der Waals surface area (Å²) in [6.45, 7) is 4.34. The van der Waals surface area contributed by atoms with E-state index >= 15 is 0 Å². The van der Waals surface area contributed by atoms with Gasteiger partial charge in [-0.2, -0.15) is 0 Å². The Kier molecular flexibility index (Phi) is 4.42. The number of aryl methyl sites for hydroxylation is 1. The second-order valence-electron chi connectivity index (χ2n) is 5.67. The van der Waals surface area contributed by atoms with E-state index in [-0.39, 0.29) is 11.9 Å². The molecule has 1 heterocycles. The predicted molar refractivity (Wildman–Crippen MR) is 76.4 cm³/mol. The van der Waals surface area contributed by atoms with E-state index in [0.29, 0.717) is 19.4 Å². The maximum absolute atomic E-state index is 12.4. The fourth-order valence-corrected chi connectivity index (χ4v) is 2.64. The number of carboxylic acids is 1. The van der Waals surface area contributed by atoms with Crippen LogP contribution in [0.25, 0.3) is 0 Å². The van der Waals surface area contributed by atoms with Crippen LogP contribution < -0.4 is 0 Å². The molecule has 0 aliphatic carbocycles. The lowest BCUT2D eigenvalue weighted by molar-refractivity contribution is -0.146. The molecule has 0 saturated carbocycles. The van der Waals surface area contributed by atoms with E-state index in [0.717, 1.165) is 12.0 Å². The van der Waals surface area contributed by atoms with Crippen LogP contribution in [-0.2, 0) is 16.0 Å². The normalized spacial score (nSPS) is 22.6. The zero-order chi connectivity index (χ0) is 14.7. The van der Waals surface area contributed by atoms with Gasteiger partial charge in [0.15, 0.2) is 0 Å². The molecule has 1 N–H and O–H groups in total. The summed E-state index contributed by atoms with van der Waals surface area (Å²) in [6, 6.07) is 8.01. The van der Waals surface area contributed by atoms with Crippen molar-refractivity contribution in [3.63, 3.8) is 0 Å². The standard InChI is InChI=1S/C16H21NO3/c1-11-3-6-13(7-4-11)9-15(18)17-10-14(16(19)20)8-5-12(17)2/h3-4,6-7,12,14H,5,8-10H2,1-2H3,(H,19,20)/t12-,14+/m0/s1. The third kappa shape index (κ3) is 3.38. The number of carbonyl (C=O) groups is 2. The highest BCUT2D eigenvalue weighted by Crippen LogP contribution is 2.23. The Morgan fingerprint density at radius 3 is 2.50 bits per heavy atom. The number of nitrogens with zero attached hydrogens (tertiary/aromatic N) is 1. The molecule has 1 aliphatic heterocycles. The monoisotopic (exact) mass is 275 g/mol. The second-order valence-corrected chi connectivity index (χ2v) is 5.67. The Hall–Kier alpha value is -1.84. The van der Waals surface area contributed by atoms with Crippen LogP contribution in [0, 0.1) is 12.8 Å². The van der Waals surface area contributed by atoms with Crippen molar-refractivity contribution < 1.29 is 14.7 Å². The molecule has 1 amide bonds. The average molecular weight is 275 g/mol. The summed E-state index contributed by atoms with van der Waals surface area (Å²) in [6.07, 6.45) is 1.76. The molecule has 2 atom stereocenters. The fourth-order valence-electron chi connectivity index (χ4n) is 2.64. The van der Waals surface area contributed by atoms with Gasteiger partial charge in [-0.05, 0) is 32.3 Å². The SMILES string of the molecule is Cc1ccc(CC(=O)N2C[C@H](C(=O)O)CC[C@@H]2C)cc1. The number of hydrogen-bond acceptors (Lipinski definition) is 2. The van der Waals surface area contributed by atoms with Crippen molar-refractivity contribution in [2.45, 2.75) is 39.2 Å². The van der Waals surface area contributed by atoms with Crippen LogP contribution in [0.2, 0.25) is 0 Å². The molecule has 1 aromatic rings. The van der Waals surface area contributed by atoms with Crippen LogP contribution in [0.5, 0.6) is 0 Å². The molecule has 1 aromatic carbocycles. The van der Waals surface area contributed by atoms with Gasteiger partial charge in [0.05, 0.1) is 12.3 Å². The molecular formula is C16H21NO3. The van der Waals surface area contributed by atoms with Crippen LogP contribution in [0.3, 0.4) is 0 Å². The summed E-state index contributed by atoms with van der Waals surface area (Å²) in [5.74, 6) is -1.20. The molecular weight excluding hydrogens is 254 g/mol. The first-order valence-corrected chi connectivity index (χ1v) is 7.05. The lowest BCUT2D eigenvalue weighted by Gasteiger charge is -2.36. The molecule has 1 fully saturated rings. The topological polar surface area (TPSA) is 57.6 Å². The van der Waals surface area contributed by atoms with Gasteiger partial charge >= 0.3 is 5.97 Å². The maximum Gasteiger partial charge on any atom is 0.308 e. The first-order valence-electron chi connectivity index (χ1n) is 7.05. The molecule has 0 unspecified atom stereocenters. The van der Waals surface area contributed by atoms with E-state index in [4.69, 9.17) is 5.11 Å². The minimum absolute atomic E-state index is 0.0207. The van der Waals surface area contributed by atoms with Gasteiger partial charge in [0.1, 0.15) is 0 Å². The molecule has 4 heteroatoms. The number of carbonyl (C=O) groups excluding carboxylic acids is 1. The van der Waals surface area contributed by atoms with E-state index in [1.807, 2.05) is 38.1 Å². The van der Waals surface area contributed by atoms with Gasteiger partial charge in [-0.1, -0.05) is 29.8 Å². The van der Waals surface area contributed by atoms with Crippen LogP contribution in [-0.4, -0.2) is 34.5 Å². The molecule has 0 aromatic heterocycles. The third-order valence-electron chi connectivity index (χ3n) is 4.03. The largest absolute Gasteiger partial charge is 0.481 e. The van der Waals surface area contributed by atoms with Crippen LogP contribution >= 0.6 is 0 Å². The molecule has 2 rings (SSSR count). The van der Waals surface area contributed by atoms with E-state index in [1.54, 1.807) is 4.90 Å². The number of hydrogen-bond donors (Lipinski definition) is 1. The van der Waals surface area contributed by atoms with E-state index < -0.39 is 11.9 Å². The first kappa shape index (κ1) is 14.6. The molecule has 0 bridgehead atoms. The Bertz CT molecular complexity index is 495. The van der Waals surface area contributed by atoms with E-state index in [1.165, 1.54) is 5.56 Å². The average Bonchev–Trinajstić information content (AvgIpc) is 2.41. The van der Waals surface area contributed by atoms with Crippen LogP contribution in [0.1, 0.15) is 30.9 Å². The van der Waals surface area contributed by atoms with E-state index in [9.17, 15) is 9.59 Å². The summed E-state index contributed by atoms with van der Waals surface area (Å²) in [5, 5.41) is 9.11. The van der Waals surface area contributed by atoms with Gasteiger partial charge in [-0.3, -0.25) is 9.59 Å². The maximum atomic E-state index is 12.4. The quantitative estimate of drug-likeness (QED) is 0.920. The molecule has 0 spiro atoms. The van der Waals surface area contributed by atoms with Gasteiger partial charge in [-0.25, -0.2) is 0 Å². The Labute approximate surface area is 119 Å². The molecule has 20 heavy (non-hydrogen) atoms. The molecule has 1 aliphatic rings. The smallest absolute Gasteiger partial charge is 0.308 e. The van der Waals surface area contributed by atoms with Crippen molar-refractivity contribution in [1.82, 2.24) is 4.90 Å². The summed E-state index contributed by atoms with van der Waals surface area (Å²) < 4.78 is 0. The predicted octanol–water partition coefficient (Wildman–Crippen LogP) is 2.25. The number of amides is 1. The molecule has 108 valence electrons. The zero-order valence-electron chi connectivity index (χ0n) is 12.0. The summed E-state index contributed by atoms with van der Waals surface area (Å²) >= 11 is 0. The summed E-state index contributed by atoms with van der Waals surface area (Å²) in [5.41, 5.74) is 2.14. The van der Waals surface area contributed by atoms with Crippen LogP contribution in [0.4, 0.5) is 0 Å². The minimum Gasteiger partial charge on any atom is -0.481 e. The lowest BCUT2D eigenvalue weighted by Crippen LogP contribution is -2.47. The van der Waals surface area contributed by atoms with Gasteiger partial charge in [0.25, 0.3) is 0 Å². The molecule has 4 nitrogen and oxygen atoms in total. The van der Waals surface area contributed by atoms with Crippen molar-refractivity contribution in [1.29, 1.82) is 0 Å². The van der Waals surface area contributed by atoms with Gasteiger partial charge < -0.3 is 10.0 Å². The highest BCUT2D eigenvalue weighted by molar-refractivity contribution is 5.80. The lowest BCUT2D eigenvalue weighted by atomic mass is 9.93. The summed E-state index contributed by atoms with van der Waals surface area (Å²) in [4.78, 5) is 25.2. The Balaban J connectivity index is 2.03. The van der Waals surface area contributed by atoms with Crippen molar-refractivity contribution in [3.05, 3.63) is 35.4 Å². The summed E-state index contributed by atoms with van der Waals surface area (Å²) in [7, 11) is 0. The number of benzene rings is 1. The molecule has 1 saturated heterocycles. The number of rotatable bonds is 3. The highest BCUT2D eigenvalue weighted by Gasteiger charge is 2.32. The Morgan fingerprint density at radius 1 is 1.25 bits per heavy atom. The van der Waals surface area contributed by atoms with Crippen molar-refractivity contribution in [2.75, 3.05) is 6.54 Å². The van der Waals surface area contributed by atoms with Gasteiger partial charge in [-0.15, -0.1) is 0 Å². The van der Waals surface area contributed by atoms with E-state index in [2.05, 4.69) is 0 Å². The number of piperidine rings is 1. The van der Waals surface area contributed by atoms with Crippen molar-refractivity contribution in [3.8, 4) is 0 Å². The van der Waals surface area contributed by atoms with Crippen molar-refractivity contribution >= 4 is 11.9 Å². The second kappa shape index (κ2) is 6.07. The fraction of sp³-hybridized carbons (Fsp3) is 0.500. The number of aliphatic carboxylic acids is 1. The molecule has 0 radical (unpaired) electrons. The highest BCUT2D eigenvalue weighted by atomic mass is 16.4. The number of carboxylic acid groups (broad SMARTS) is 1. The number of likely N-dealkylation sites (tertiary alicyclic amines) is 1. The van der Waals surface area contributed by atoms with Crippen molar-refractivity contribution in [2.24, 2.45) is 5.92 Å². The zero-order valence-corrected chi connectivity index (χ0v) is 12.0. The van der Waals surface area contributed by atoms with Gasteiger partial charge in [0, 0.05) is 12.6 Å². The van der Waals surface area contributed by atoms with Gasteiger partial charge in [0.2, 0.25) is 5.91 Å². The third-order valence-corrected chi connectivity index (χ3v) is 4.03. The van der Waals surface area contributed by atoms with Crippen LogP contribution in [0.15, 0.2) is 24.3 Å². The Morgan fingerprint density at radius 2 is 1.90 bits per heavy atom. The minimum atomic E-state index is -0.801.